The van der Waals surface area contributed by atoms with Gasteiger partial charge in [-0.25, -0.2) is 0 Å². The number of nitrogens with zero attached hydrogens (tertiary/aromatic N) is 1. The van der Waals surface area contributed by atoms with Crippen LogP contribution >= 0.6 is 0 Å². The molecule has 0 spiro atoms. The van der Waals surface area contributed by atoms with Crippen molar-refractivity contribution in [1.82, 2.24) is 4.90 Å². The van der Waals surface area contributed by atoms with Gasteiger partial charge in [0.25, 0.3) is 0 Å². The average Bonchev–Trinajstić information content (AvgIpc) is 2.74. The van der Waals surface area contributed by atoms with E-state index >= 15 is 0 Å². The highest BCUT2D eigenvalue weighted by Crippen LogP contribution is 2.37. The first-order valence-corrected chi connectivity index (χ1v) is 11.6. The summed E-state index contributed by atoms with van der Waals surface area (Å²) < 4.78 is 0. The van der Waals surface area contributed by atoms with Crippen LogP contribution in [0.2, 0.25) is 0 Å². The standard InChI is InChI=1S/C29H40N2O/c1-22(2)14-17-29(28(30)32,27-13-9-11-25-10-7-8-12-26(25)27)18-21-31(19-15-23(3)4)20-16-24(5)6/h7-16H,17-21H2,1-6H3,(H2,30,32). The number of amides is 1. The van der Waals surface area contributed by atoms with Gasteiger partial charge in [0.15, 0.2) is 0 Å². The number of primary amides is 1. The number of fused-ring (bicyclic) bond motifs is 1. The Bertz CT molecular complexity index is 977. The lowest BCUT2D eigenvalue weighted by Gasteiger charge is -2.34. The Morgan fingerprint density at radius 3 is 1.97 bits per heavy atom. The van der Waals surface area contributed by atoms with Gasteiger partial charge in [-0.05, 0) is 70.7 Å². The molecule has 0 aliphatic heterocycles. The van der Waals surface area contributed by atoms with Crippen molar-refractivity contribution in [3.63, 3.8) is 0 Å². The first-order chi connectivity index (χ1) is 15.2. The third-order valence-corrected chi connectivity index (χ3v) is 6.01. The summed E-state index contributed by atoms with van der Waals surface area (Å²) in [6.07, 6.45) is 7.94. The molecule has 32 heavy (non-hydrogen) atoms. The summed E-state index contributed by atoms with van der Waals surface area (Å²) in [6.45, 7) is 15.1. The third-order valence-electron chi connectivity index (χ3n) is 6.01. The number of carbonyl (C=O) groups is 1. The van der Waals surface area contributed by atoms with Crippen molar-refractivity contribution in [2.75, 3.05) is 19.6 Å². The van der Waals surface area contributed by atoms with Crippen LogP contribution in [-0.2, 0) is 10.2 Å². The van der Waals surface area contributed by atoms with E-state index in [0.29, 0.717) is 12.8 Å². The van der Waals surface area contributed by atoms with Gasteiger partial charge in [-0.3, -0.25) is 9.69 Å². The molecule has 2 N–H and O–H groups in total. The maximum atomic E-state index is 13.2. The van der Waals surface area contributed by atoms with Gasteiger partial charge >= 0.3 is 0 Å². The lowest BCUT2D eigenvalue weighted by Crippen LogP contribution is -2.44. The smallest absolute Gasteiger partial charge is 0.228 e. The zero-order valence-corrected chi connectivity index (χ0v) is 20.7. The Hall–Kier alpha value is -2.65. The van der Waals surface area contributed by atoms with E-state index in [1.54, 1.807) is 0 Å². The molecule has 0 aromatic heterocycles. The lowest BCUT2D eigenvalue weighted by molar-refractivity contribution is -0.123. The Kier molecular flexibility index (Phi) is 9.46. The Morgan fingerprint density at radius 2 is 1.41 bits per heavy atom. The second-order valence-corrected chi connectivity index (χ2v) is 9.53. The van der Waals surface area contributed by atoms with Gasteiger partial charge in [0.1, 0.15) is 0 Å². The fraction of sp³-hybridized carbons (Fsp3) is 0.414. The highest BCUT2D eigenvalue weighted by molar-refractivity contribution is 5.95. The molecular formula is C29H40N2O. The molecule has 3 heteroatoms. The van der Waals surface area contributed by atoms with Crippen molar-refractivity contribution in [1.29, 1.82) is 0 Å². The van der Waals surface area contributed by atoms with Crippen molar-refractivity contribution in [3.8, 4) is 0 Å². The SMILES string of the molecule is CC(C)=CCN(CC=C(C)C)CCC(CC=C(C)C)(C(N)=O)c1cccc2ccccc12. The number of carbonyl (C=O) groups excluding carboxylic acids is 1. The largest absolute Gasteiger partial charge is 0.369 e. The molecule has 0 aliphatic rings. The first kappa shape index (κ1) is 25.6. The quantitative estimate of drug-likeness (QED) is 0.410. The predicted octanol–water partition coefficient (Wildman–Crippen LogP) is 6.54. The van der Waals surface area contributed by atoms with Crippen molar-refractivity contribution in [3.05, 3.63) is 83.0 Å². The molecular weight excluding hydrogens is 392 g/mol. The van der Waals surface area contributed by atoms with E-state index in [9.17, 15) is 4.79 Å². The van der Waals surface area contributed by atoms with Crippen LogP contribution in [0, 0.1) is 0 Å². The zero-order chi connectivity index (χ0) is 23.7. The van der Waals surface area contributed by atoms with Crippen LogP contribution in [0.4, 0.5) is 0 Å². The fourth-order valence-corrected chi connectivity index (χ4v) is 3.95. The molecule has 2 rings (SSSR count). The van der Waals surface area contributed by atoms with E-state index < -0.39 is 5.41 Å². The first-order valence-electron chi connectivity index (χ1n) is 11.6. The zero-order valence-electron chi connectivity index (χ0n) is 20.7. The summed E-state index contributed by atoms with van der Waals surface area (Å²) in [7, 11) is 0. The number of allylic oxidation sites excluding steroid dienone is 4. The van der Waals surface area contributed by atoms with E-state index in [1.165, 1.54) is 16.7 Å². The molecule has 0 saturated carbocycles. The van der Waals surface area contributed by atoms with Gasteiger partial charge in [0.05, 0.1) is 5.41 Å². The van der Waals surface area contributed by atoms with Gasteiger partial charge in [-0.2, -0.15) is 0 Å². The Morgan fingerprint density at radius 1 is 0.844 bits per heavy atom. The second kappa shape index (κ2) is 11.8. The van der Waals surface area contributed by atoms with Gasteiger partial charge in [0, 0.05) is 19.6 Å². The summed E-state index contributed by atoms with van der Waals surface area (Å²) in [5.41, 5.74) is 10.3. The summed E-state index contributed by atoms with van der Waals surface area (Å²) in [5, 5.41) is 2.25. The van der Waals surface area contributed by atoms with Gasteiger partial charge in [-0.1, -0.05) is 77.4 Å². The molecule has 172 valence electrons. The number of benzene rings is 2. The molecule has 0 fully saturated rings. The summed E-state index contributed by atoms with van der Waals surface area (Å²) in [4.78, 5) is 15.6. The minimum Gasteiger partial charge on any atom is -0.369 e. The molecule has 3 nitrogen and oxygen atoms in total. The summed E-state index contributed by atoms with van der Waals surface area (Å²) in [5.74, 6) is -0.254. The molecule has 0 bridgehead atoms. The molecule has 1 unspecified atom stereocenters. The van der Waals surface area contributed by atoms with Crippen LogP contribution < -0.4 is 5.73 Å². The topological polar surface area (TPSA) is 46.3 Å². The van der Waals surface area contributed by atoms with Crippen LogP contribution in [0.5, 0.6) is 0 Å². The average molecular weight is 433 g/mol. The number of hydrogen-bond donors (Lipinski definition) is 1. The molecule has 0 radical (unpaired) electrons. The van der Waals surface area contributed by atoms with Gasteiger partial charge in [-0.15, -0.1) is 0 Å². The monoisotopic (exact) mass is 432 g/mol. The molecule has 2 aromatic carbocycles. The Labute approximate surface area is 194 Å². The number of nitrogens with two attached hydrogens (primary N) is 1. The van der Waals surface area contributed by atoms with E-state index in [1.807, 2.05) is 18.2 Å². The van der Waals surface area contributed by atoms with Crippen molar-refractivity contribution < 1.29 is 4.79 Å². The van der Waals surface area contributed by atoms with E-state index in [4.69, 9.17) is 5.73 Å². The predicted molar refractivity (Wildman–Crippen MR) is 139 cm³/mol. The highest BCUT2D eigenvalue weighted by Gasteiger charge is 2.38. The number of rotatable bonds is 11. The third kappa shape index (κ3) is 6.93. The van der Waals surface area contributed by atoms with Crippen molar-refractivity contribution >= 4 is 16.7 Å². The maximum Gasteiger partial charge on any atom is 0.228 e. The maximum absolute atomic E-state index is 13.2. The van der Waals surface area contributed by atoms with Gasteiger partial charge in [0.2, 0.25) is 5.91 Å². The fourth-order valence-electron chi connectivity index (χ4n) is 3.95. The lowest BCUT2D eigenvalue weighted by atomic mass is 9.72. The highest BCUT2D eigenvalue weighted by atomic mass is 16.1. The molecule has 0 heterocycles. The second-order valence-electron chi connectivity index (χ2n) is 9.53. The Balaban J connectivity index is 2.52. The van der Waals surface area contributed by atoms with Gasteiger partial charge < -0.3 is 5.73 Å². The molecule has 0 aliphatic carbocycles. The summed E-state index contributed by atoms with van der Waals surface area (Å²) >= 11 is 0. The summed E-state index contributed by atoms with van der Waals surface area (Å²) in [6, 6.07) is 14.5. The molecule has 0 saturated heterocycles. The van der Waals surface area contributed by atoms with E-state index in [-0.39, 0.29) is 5.91 Å². The van der Waals surface area contributed by atoms with Crippen LogP contribution in [0.3, 0.4) is 0 Å². The number of hydrogen-bond acceptors (Lipinski definition) is 2. The van der Waals surface area contributed by atoms with Crippen LogP contribution in [0.15, 0.2) is 77.4 Å². The van der Waals surface area contributed by atoms with Crippen LogP contribution in [-0.4, -0.2) is 30.4 Å². The minimum absolute atomic E-state index is 0.254. The normalized spacial score (nSPS) is 12.8. The van der Waals surface area contributed by atoms with E-state index in [0.717, 1.165) is 36.0 Å². The molecule has 2 aromatic rings. The van der Waals surface area contributed by atoms with Crippen LogP contribution in [0.1, 0.15) is 59.9 Å². The van der Waals surface area contributed by atoms with Crippen molar-refractivity contribution in [2.45, 2.75) is 59.8 Å². The molecule has 1 amide bonds. The van der Waals surface area contributed by atoms with E-state index in [2.05, 4.69) is 88.9 Å². The van der Waals surface area contributed by atoms with Crippen LogP contribution in [0.25, 0.3) is 10.8 Å². The molecule has 1 atom stereocenters. The minimum atomic E-state index is -0.758. The van der Waals surface area contributed by atoms with Crippen molar-refractivity contribution in [2.24, 2.45) is 5.73 Å².